The van der Waals surface area contributed by atoms with Gasteiger partial charge < -0.3 is 9.47 Å². The number of carbonyl (C=O) groups is 2. The SMILES string of the molecule is CCCOc1ccc(C(=O)NNC(=O)COc2c(C)cc(Br)cc2Br)cc1. The zero-order valence-corrected chi connectivity index (χ0v) is 18.1. The molecule has 2 rings (SSSR count). The Morgan fingerprint density at radius 2 is 1.74 bits per heavy atom. The number of halogens is 2. The third-order valence-corrected chi connectivity index (χ3v) is 4.49. The summed E-state index contributed by atoms with van der Waals surface area (Å²) >= 11 is 6.78. The molecule has 0 aliphatic rings. The van der Waals surface area contributed by atoms with Crippen molar-refractivity contribution in [1.82, 2.24) is 10.9 Å². The first-order chi connectivity index (χ1) is 12.9. The third kappa shape index (κ3) is 6.55. The fourth-order valence-corrected chi connectivity index (χ4v) is 3.72. The van der Waals surface area contributed by atoms with Crippen LogP contribution in [0.5, 0.6) is 11.5 Å². The average molecular weight is 500 g/mol. The lowest BCUT2D eigenvalue weighted by atomic mass is 10.2. The minimum Gasteiger partial charge on any atom is -0.494 e. The molecule has 0 aliphatic carbocycles. The molecule has 0 radical (unpaired) electrons. The third-order valence-electron chi connectivity index (χ3n) is 3.45. The predicted molar refractivity (Wildman–Crippen MR) is 110 cm³/mol. The smallest absolute Gasteiger partial charge is 0.276 e. The van der Waals surface area contributed by atoms with E-state index < -0.39 is 11.8 Å². The van der Waals surface area contributed by atoms with Gasteiger partial charge in [0, 0.05) is 10.0 Å². The van der Waals surface area contributed by atoms with E-state index in [4.69, 9.17) is 9.47 Å². The number of hydrazine groups is 1. The molecule has 2 amide bonds. The number of amides is 2. The van der Waals surface area contributed by atoms with Crippen molar-refractivity contribution in [1.29, 1.82) is 0 Å². The van der Waals surface area contributed by atoms with E-state index in [1.165, 1.54) is 0 Å². The summed E-state index contributed by atoms with van der Waals surface area (Å²) in [6.07, 6.45) is 0.909. The topological polar surface area (TPSA) is 76.7 Å². The molecule has 0 fully saturated rings. The molecule has 2 aromatic carbocycles. The molecule has 0 atom stereocenters. The zero-order valence-electron chi connectivity index (χ0n) is 15.0. The van der Waals surface area contributed by atoms with Crippen LogP contribution < -0.4 is 20.3 Å². The molecule has 0 spiro atoms. The Balaban J connectivity index is 1.82. The predicted octanol–water partition coefficient (Wildman–Crippen LogP) is 4.15. The molecule has 27 heavy (non-hydrogen) atoms. The van der Waals surface area contributed by atoms with Gasteiger partial charge in [0.15, 0.2) is 6.61 Å². The Hall–Kier alpha value is -2.06. The first-order valence-electron chi connectivity index (χ1n) is 8.31. The summed E-state index contributed by atoms with van der Waals surface area (Å²) < 4.78 is 12.6. The van der Waals surface area contributed by atoms with Gasteiger partial charge in [0.2, 0.25) is 0 Å². The van der Waals surface area contributed by atoms with Gasteiger partial charge in [0.1, 0.15) is 11.5 Å². The molecule has 2 aromatic rings. The average Bonchev–Trinajstić information content (AvgIpc) is 2.64. The molecule has 2 N–H and O–H groups in total. The molecule has 144 valence electrons. The van der Waals surface area contributed by atoms with Gasteiger partial charge in [0.25, 0.3) is 11.8 Å². The minimum absolute atomic E-state index is 0.231. The number of hydrogen-bond donors (Lipinski definition) is 2. The quantitative estimate of drug-likeness (QED) is 0.561. The first kappa shape index (κ1) is 21.2. The van der Waals surface area contributed by atoms with Crippen LogP contribution in [-0.2, 0) is 4.79 Å². The van der Waals surface area contributed by atoms with Crippen LogP contribution in [0.3, 0.4) is 0 Å². The van der Waals surface area contributed by atoms with Gasteiger partial charge in [0.05, 0.1) is 11.1 Å². The van der Waals surface area contributed by atoms with Crippen LogP contribution >= 0.6 is 31.9 Å². The van der Waals surface area contributed by atoms with E-state index in [0.717, 1.165) is 20.9 Å². The first-order valence-corrected chi connectivity index (χ1v) is 9.89. The van der Waals surface area contributed by atoms with E-state index in [-0.39, 0.29) is 6.61 Å². The second-order valence-corrected chi connectivity index (χ2v) is 7.47. The van der Waals surface area contributed by atoms with E-state index in [0.29, 0.717) is 23.7 Å². The molecule has 0 aromatic heterocycles. The number of nitrogens with one attached hydrogen (secondary N) is 2. The van der Waals surface area contributed by atoms with Crippen molar-refractivity contribution in [3.05, 3.63) is 56.5 Å². The lowest BCUT2D eigenvalue weighted by molar-refractivity contribution is -0.123. The highest BCUT2D eigenvalue weighted by atomic mass is 79.9. The molecular formula is C19H20Br2N2O4. The molecule has 0 bridgehead atoms. The van der Waals surface area contributed by atoms with E-state index in [1.54, 1.807) is 24.3 Å². The number of carbonyl (C=O) groups excluding carboxylic acids is 2. The molecule has 0 saturated carbocycles. The van der Waals surface area contributed by atoms with Crippen molar-refractivity contribution in [3.8, 4) is 11.5 Å². The van der Waals surface area contributed by atoms with Crippen LogP contribution in [0.25, 0.3) is 0 Å². The largest absolute Gasteiger partial charge is 0.494 e. The van der Waals surface area contributed by atoms with Crippen LogP contribution in [0, 0.1) is 6.92 Å². The molecule has 0 unspecified atom stereocenters. The Kier molecular flexibility index (Phi) is 8.12. The zero-order chi connectivity index (χ0) is 19.8. The maximum atomic E-state index is 12.1. The van der Waals surface area contributed by atoms with Crippen molar-refractivity contribution < 1.29 is 19.1 Å². The van der Waals surface area contributed by atoms with Gasteiger partial charge >= 0.3 is 0 Å². The van der Waals surface area contributed by atoms with Gasteiger partial charge in [-0.25, -0.2) is 0 Å². The Morgan fingerprint density at radius 1 is 1.04 bits per heavy atom. The summed E-state index contributed by atoms with van der Waals surface area (Å²) in [6.45, 7) is 4.28. The number of rotatable bonds is 7. The number of aryl methyl sites for hydroxylation is 1. The van der Waals surface area contributed by atoms with Crippen LogP contribution in [0.15, 0.2) is 45.3 Å². The highest BCUT2D eigenvalue weighted by Gasteiger charge is 2.11. The van der Waals surface area contributed by atoms with Crippen LogP contribution in [-0.4, -0.2) is 25.0 Å². The summed E-state index contributed by atoms with van der Waals surface area (Å²) in [7, 11) is 0. The summed E-state index contributed by atoms with van der Waals surface area (Å²) in [5.41, 5.74) is 5.97. The lowest BCUT2D eigenvalue weighted by Gasteiger charge is -2.12. The van der Waals surface area contributed by atoms with E-state index >= 15 is 0 Å². The van der Waals surface area contributed by atoms with Gasteiger partial charge in [-0.15, -0.1) is 0 Å². The molecule has 0 aliphatic heterocycles. The normalized spacial score (nSPS) is 10.2. The van der Waals surface area contributed by atoms with Gasteiger partial charge in [-0.05, 0) is 71.2 Å². The van der Waals surface area contributed by atoms with E-state index in [9.17, 15) is 9.59 Å². The Bertz CT molecular complexity index is 787. The highest BCUT2D eigenvalue weighted by molar-refractivity contribution is 9.11. The van der Waals surface area contributed by atoms with Crippen molar-refractivity contribution >= 4 is 43.7 Å². The monoisotopic (exact) mass is 498 g/mol. The summed E-state index contributed by atoms with van der Waals surface area (Å²) in [5, 5.41) is 0. The minimum atomic E-state index is -0.472. The van der Waals surface area contributed by atoms with Gasteiger partial charge in [-0.2, -0.15) is 0 Å². The van der Waals surface area contributed by atoms with Crippen molar-refractivity contribution in [3.63, 3.8) is 0 Å². The van der Waals surface area contributed by atoms with Crippen LogP contribution in [0.2, 0.25) is 0 Å². The number of ether oxygens (including phenoxy) is 2. The Morgan fingerprint density at radius 3 is 2.37 bits per heavy atom. The fourth-order valence-electron chi connectivity index (χ4n) is 2.17. The highest BCUT2D eigenvalue weighted by Crippen LogP contribution is 2.32. The summed E-state index contributed by atoms with van der Waals surface area (Å²) in [4.78, 5) is 24.0. The lowest BCUT2D eigenvalue weighted by Crippen LogP contribution is -2.43. The summed E-state index contributed by atoms with van der Waals surface area (Å²) in [6, 6.07) is 10.4. The fraction of sp³-hybridized carbons (Fsp3) is 0.263. The maximum absolute atomic E-state index is 12.1. The Labute approximate surface area is 174 Å². The molecular weight excluding hydrogens is 480 g/mol. The molecule has 6 nitrogen and oxygen atoms in total. The van der Waals surface area contributed by atoms with Crippen molar-refractivity contribution in [2.24, 2.45) is 0 Å². The summed E-state index contributed by atoms with van der Waals surface area (Å²) in [5.74, 6) is 0.371. The maximum Gasteiger partial charge on any atom is 0.276 e. The van der Waals surface area contributed by atoms with E-state index in [2.05, 4.69) is 42.7 Å². The van der Waals surface area contributed by atoms with Crippen LogP contribution in [0.4, 0.5) is 0 Å². The second-order valence-electron chi connectivity index (χ2n) is 5.70. The van der Waals surface area contributed by atoms with Crippen molar-refractivity contribution in [2.45, 2.75) is 20.3 Å². The van der Waals surface area contributed by atoms with Gasteiger partial charge in [-0.3, -0.25) is 20.4 Å². The van der Waals surface area contributed by atoms with E-state index in [1.807, 2.05) is 26.0 Å². The molecule has 0 heterocycles. The standard InChI is InChI=1S/C19H20Br2N2O4/c1-3-8-26-15-6-4-13(5-7-15)19(25)23-22-17(24)11-27-18-12(2)9-14(20)10-16(18)21/h4-7,9-10H,3,8,11H2,1-2H3,(H,22,24)(H,23,25). The van der Waals surface area contributed by atoms with Crippen LogP contribution in [0.1, 0.15) is 29.3 Å². The number of hydrogen-bond acceptors (Lipinski definition) is 4. The number of benzene rings is 2. The molecule has 0 saturated heterocycles. The van der Waals surface area contributed by atoms with Crippen molar-refractivity contribution in [2.75, 3.05) is 13.2 Å². The second kappa shape index (κ2) is 10.3. The van der Waals surface area contributed by atoms with Gasteiger partial charge in [-0.1, -0.05) is 22.9 Å². The molecule has 8 heteroatoms.